The Morgan fingerprint density at radius 1 is 1.33 bits per heavy atom. The van der Waals surface area contributed by atoms with Crippen LogP contribution in [0.5, 0.6) is 0 Å². The maximum atomic E-state index is 4.36. The second-order valence-corrected chi connectivity index (χ2v) is 5.89. The van der Waals surface area contributed by atoms with E-state index in [-0.39, 0.29) is 0 Å². The molecular weight excluding hydrogens is 224 g/mol. The van der Waals surface area contributed by atoms with E-state index >= 15 is 0 Å². The van der Waals surface area contributed by atoms with E-state index in [9.17, 15) is 0 Å². The normalized spacial score (nSPS) is 32.1. The predicted octanol–water partition coefficient (Wildman–Crippen LogP) is 1.44. The molecule has 0 saturated carbocycles. The highest BCUT2D eigenvalue weighted by molar-refractivity contribution is 5.17. The summed E-state index contributed by atoms with van der Waals surface area (Å²) < 4.78 is 1.98. The molecule has 1 aromatic rings. The molecule has 1 N–H and O–H groups in total. The van der Waals surface area contributed by atoms with Gasteiger partial charge in [0, 0.05) is 43.0 Å². The lowest BCUT2D eigenvalue weighted by atomic mass is 9.97. The van der Waals surface area contributed by atoms with Crippen LogP contribution < -0.4 is 5.32 Å². The van der Waals surface area contributed by atoms with Gasteiger partial charge in [-0.2, -0.15) is 5.10 Å². The van der Waals surface area contributed by atoms with E-state index < -0.39 is 0 Å². The van der Waals surface area contributed by atoms with Crippen molar-refractivity contribution in [3.05, 3.63) is 17.5 Å². The molecule has 1 aromatic heterocycles. The van der Waals surface area contributed by atoms with Gasteiger partial charge in [0.25, 0.3) is 0 Å². The maximum Gasteiger partial charge on any atom is 0.0537 e. The Kier molecular flexibility index (Phi) is 3.16. The van der Waals surface area contributed by atoms with Gasteiger partial charge in [-0.1, -0.05) is 0 Å². The molecule has 0 spiro atoms. The quantitative estimate of drug-likeness (QED) is 0.879. The van der Waals surface area contributed by atoms with E-state index in [1.165, 1.54) is 36.9 Å². The summed E-state index contributed by atoms with van der Waals surface area (Å²) in [4.78, 5) is 2.72. The minimum atomic E-state index is 0.730. The standard InChI is InChI=1S/C14H24N4/c1-10-11(8-16-17(10)3)9-18-13-4-5-14(18)7-12(6-13)15-2/h8,12-15H,4-7,9H2,1-3H3. The Hall–Kier alpha value is -0.870. The van der Waals surface area contributed by atoms with Crippen molar-refractivity contribution >= 4 is 0 Å². The van der Waals surface area contributed by atoms with Crippen LogP contribution in [-0.2, 0) is 13.6 Å². The van der Waals surface area contributed by atoms with Crippen LogP contribution in [0.4, 0.5) is 0 Å². The zero-order valence-corrected chi connectivity index (χ0v) is 11.7. The van der Waals surface area contributed by atoms with Crippen LogP contribution in [0.2, 0.25) is 0 Å². The van der Waals surface area contributed by atoms with E-state index in [0.717, 1.165) is 24.7 Å². The molecule has 18 heavy (non-hydrogen) atoms. The molecule has 2 saturated heterocycles. The third-order valence-corrected chi connectivity index (χ3v) is 4.98. The number of aromatic nitrogens is 2. The number of fused-ring (bicyclic) bond motifs is 2. The Morgan fingerprint density at radius 3 is 2.50 bits per heavy atom. The first-order valence-corrected chi connectivity index (χ1v) is 7.09. The second kappa shape index (κ2) is 4.67. The molecule has 100 valence electrons. The van der Waals surface area contributed by atoms with Crippen molar-refractivity contribution in [2.24, 2.45) is 7.05 Å². The summed E-state index contributed by atoms with van der Waals surface area (Å²) in [5.41, 5.74) is 2.71. The van der Waals surface area contributed by atoms with Gasteiger partial charge >= 0.3 is 0 Å². The van der Waals surface area contributed by atoms with Gasteiger partial charge in [-0.05, 0) is 39.7 Å². The first kappa shape index (κ1) is 12.2. The topological polar surface area (TPSA) is 33.1 Å². The smallest absolute Gasteiger partial charge is 0.0537 e. The number of piperidine rings is 1. The summed E-state index contributed by atoms with van der Waals surface area (Å²) in [5, 5.41) is 7.82. The first-order valence-electron chi connectivity index (χ1n) is 7.09. The first-order chi connectivity index (χ1) is 8.69. The number of nitrogens with zero attached hydrogens (tertiary/aromatic N) is 3. The van der Waals surface area contributed by atoms with Gasteiger partial charge in [0.15, 0.2) is 0 Å². The van der Waals surface area contributed by atoms with E-state index in [1.807, 2.05) is 17.9 Å². The number of aryl methyl sites for hydroxylation is 1. The van der Waals surface area contributed by atoms with Crippen LogP contribution in [0.15, 0.2) is 6.20 Å². The molecule has 0 radical (unpaired) electrons. The molecule has 3 heterocycles. The highest BCUT2D eigenvalue weighted by Gasteiger charge is 2.40. The Morgan fingerprint density at radius 2 is 2.00 bits per heavy atom. The van der Waals surface area contributed by atoms with Crippen LogP contribution in [0.25, 0.3) is 0 Å². The Labute approximate surface area is 109 Å². The molecule has 3 rings (SSSR count). The number of hydrogen-bond acceptors (Lipinski definition) is 3. The van der Waals surface area contributed by atoms with Crippen molar-refractivity contribution in [3.8, 4) is 0 Å². The van der Waals surface area contributed by atoms with Crippen molar-refractivity contribution in [1.82, 2.24) is 20.0 Å². The van der Waals surface area contributed by atoms with Gasteiger partial charge in [0.2, 0.25) is 0 Å². The van der Waals surface area contributed by atoms with E-state index in [1.54, 1.807) is 0 Å². The highest BCUT2D eigenvalue weighted by Crippen LogP contribution is 2.36. The zero-order chi connectivity index (χ0) is 12.7. The molecular formula is C14H24N4. The van der Waals surface area contributed by atoms with Crippen LogP contribution >= 0.6 is 0 Å². The molecule has 2 atom stereocenters. The van der Waals surface area contributed by atoms with Crippen LogP contribution in [-0.4, -0.2) is 39.9 Å². The highest BCUT2D eigenvalue weighted by atomic mass is 15.3. The fourth-order valence-corrected chi connectivity index (χ4v) is 3.66. The minimum Gasteiger partial charge on any atom is -0.317 e. The van der Waals surface area contributed by atoms with E-state index in [4.69, 9.17) is 0 Å². The van der Waals surface area contributed by atoms with Crippen LogP contribution in [0.1, 0.15) is 36.9 Å². The van der Waals surface area contributed by atoms with Crippen molar-refractivity contribution in [1.29, 1.82) is 0 Å². The van der Waals surface area contributed by atoms with E-state index in [2.05, 4.69) is 29.3 Å². The third-order valence-electron chi connectivity index (χ3n) is 4.98. The van der Waals surface area contributed by atoms with Gasteiger partial charge in [-0.3, -0.25) is 9.58 Å². The summed E-state index contributed by atoms with van der Waals surface area (Å²) in [6, 6.07) is 2.29. The molecule has 0 aromatic carbocycles. The average molecular weight is 248 g/mol. The summed E-state index contributed by atoms with van der Waals surface area (Å²) in [7, 11) is 4.13. The van der Waals surface area contributed by atoms with Crippen LogP contribution in [0.3, 0.4) is 0 Å². The Balaban J connectivity index is 1.73. The lowest BCUT2D eigenvalue weighted by Crippen LogP contribution is -2.47. The summed E-state index contributed by atoms with van der Waals surface area (Å²) in [5.74, 6) is 0. The summed E-state index contributed by atoms with van der Waals surface area (Å²) in [6.45, 7) is 3.26. The number of nitrogens with one attached hydrogen (secondary N) is 1. The molecule has 2 fully saturated rings. The van der Waals surface area contributed by atoms with Crippen molar-refractivity contribution in [3.63, 3.8) is 0 Å². The third kappa shape index (κ3) is 1.97. The molecule has 2 aliphatic heterocycles. The maximum absolute atomic E-state index is 4.36. The predicted molar refractivity (Wildman–Crippen MR) is 72.4 cm³/mol. The molecule has 2 bridgehead atoms. The van der Waals surface area contributed by atoms with Crippen molar-refractivity contribution in [2.45, 2.75) is 57.3 Å². The van der Waals surface area contributed by atoms with Gasteiger partial charge in [0.1, 0.15) is 0 Å². The fourth-order valence-electron chi connectivity index (χ4n) is 3.66. The van der Waals surface area contributed by atoms with Gasteiger partial charge < -0.3 is 5.32 Å². The fraction of sp³-hybridized carbons (Fsp3) is 0.786. The number of rotatable bonds is 3. The van der Waals surface area contributed by atoms with Gasteiger partial charge in [-0.15, -0.1) is 0 Å². The summed E-state index contributed by atoms with van der Waals surface area (Å²) >= 11 is 0. The lowest BCUT2D eigenvalue weighted by Gasteiger charge is -2.38. The molecule has 0 aliphatic carbocycles. The second-order valence-electron chi connectivity index (χ2n) is 5.89. The largest absolute Gasteiger partial charge is 0.317 e. The van der Waals surface area contributed by atoms with Gasteiger partial charge in [0.05, 0.1) is 6.20 Å². The monoisotopic (exact) mass is 248 g/mol. The average Bonchev–Trinajstić information content (AvgIpc) is 2.80. The summed E-state index contributed by atoms with van der Waals surface area (Å²) in [6.07, 6.45) is 7.42. The van der Waals surface area contributed by atoms with E-state index in [0.29, 0.717) is 0 Å². The van der Waals surface area contributed by atoms with Crippen molar-refractivity contribution < 1.29 is 0 Å². The minimum absolute atomic E-state index is 0.730. The zero-order valence-electron chi connectivity index (χ0n) is 11.7. The molecule has 4 heteroatoms. The number of hydrogen-bond donors (Lipinski definition) is 1. The van der Waals surface area contributed by atoms with Crippen LogP contribution in [0, 0.1) is 6.92 Å². The lowest BCUT2D eigenvalue weighted by molar-refractivity contribution is 0.111. The van der Waals surface area contributed by atoms with Gasteiger partial charge in [-0.25, -0.2) is 0 Å². The molecule has 2 unspecified atom stereocenters. The van der Waals surface area contributed by atoms with Crippen molar-refractivity contribution in [2.75, 3.05) is 7.05 Å². The molecule has 0 amide bonds. The Bertz CT molecular complexity index is 411. The SMILES string of the molecule is CNC1CC2CCC(C1)N2Cc1cnn(C)c1C. The molecule has 2 aliphatic rings. The molecule has 4 nitrogen and oxygen atoms in total.